The normalized spacial score (nSPS) is 13.5. The second kappa shape index (κ2) is 6.84. The molecule has 1 aliphatic heterocycles. The highest BCUT2D eigenvalue weighted by Gasteiger charge is 2.35. The maximum absolute atomic E-state index is 12.5. The molecule has 2 aromatic carbocycles. The Kier molecular flexibility index (Phi) is 4.18. The SMILES string of the molecule is O=C1c2ccccc2C(=O)N1Cc1nn2c(CSc3ccccc3)nnc2s1. The summed E-state index contributed by atoms with van der Waals surface area (Å²) in [6.07, 6.45) is 0. The van der Waals surface area contributed by atoms with Crippen LogP contribution in [0.5, 0.6) is 0 Å². The lowest BCUT2D eigenvalue weighted by molar-refractivity contribution is 0.0642. The first-order valence-electron chi connectivity index (χ1n) is 8.54. The molecule has 0 aliphatic carbocycles. The zero-order valence-corrected chi connectivity index (χ0v) is 16.1. The van der Waals surface area contributed by atoms with Gasteiger partial charge in [-0.15, -0.1) is 22.0 Å². The number of fused-ring (bicyclic) bond motifs is 2. The standard InChI is InChI=1S/C19H13N5O2S2/c25-17-13-8-4-5-9-14(13)18(26)23(17)10-16-22-24-15(20-21-19(24)28-16)11-27-12-6-2-1-3-7-12/h1-9H,10-11H2. The fourth-order valence-electron chi connectivity index (χ4n) is 3.03. The van der Waals surface area contributed by atoms with E-state index < -0.39 is 0 Å². The first-order chi connectivity index (χ1) is 13.7. The molecule has 28 heavy (non-hydrogen) atoms. The second-order valence-electron chi connectivity index (χ2n) is 6.15. The quantitative estimate of drug-likeness (QED) is 0.373. The molecule has 2 aromatic heterocycles. The first kappa shape index (κ1) is 17.1. The zero-order chi connectivity index (χ0) is 19.1. The van der Waals surface area contributed by atoms with E-state index in [0.29, 0.717) is 26.8 Å². The van der Waals surface area contributed by atoms with E-state index in [0.717, 1.165) is 10.7 Å². The van der Waals surface area contributed by atoms with Gasteiger partial charge in [-0.3, -0.25) is 14.5 Å². The van der Waals surface area contributed by atoms with Gasteiger partial charge in [0.25, 0.3) is 11.8 Å². The van der Waals surface area contributed by atoms with Crippen molar-refractivity contribution < 1.29 is 9.59 Å². The number of carbonyl (C=O) groups excluding carboxylic acids is 2. The molecule has 0 fully saturated rings. The van der Waals surface area contributed by atoms with Crippen LogP contribution in [-0.4, -0.2) is 36.5 Å². The molecule has 0 radical (unpaired) electrons. The summed E-state index contributed by atoms with van der Waals surface area (Å²) < 4.78 is 1.69. The number of hydrogen-bond donors (Lipinski definition) is 0. The molecule has 9 heteroatoms. The number of nitrogens with zero attached hydrogens (tertiary/aromatic N) is 5. The van der Waals surface area contributed by atoms with Crippen molar-refractivity contribution in [3.8, 4) is 0 Å². The molecule has 0 unspecified atom stereocenters. The summed E-state index contributed by atoms with van der Waals surface area (Å²) in [4.78, 5) is 28.1. The Morgan fingerprint density at radius 1 is 0.893 bits per heavy atom. The van der Waals surface area contributed by atoms with Gasteiger partial charge < -0.3 is 0 Å². The summed E-state index contributed by atoms with van der Waals surface area (Å²) >= 11 is 2.98. The third kappa shape index (κ3) is 2.88. The minimum absolute atomic E-state index is 0.131. The van der Waals surface area contributed by atoms with Gasteiger partial charge in [0.05, 0.1) is 23.4 Å². The van der Waals surface area contributed by atoms with Gasteiger partial charge in [-0.1, -0.05) is 41.7 Å². The van der Waals surface area contributed by atoms with Crippen LogP contribution in [0.25, 0.3) is 4.96 Å². The van der Waals surface area contributed by atoms with E-state index >= 15 is 0 Å². The lowest BCUT2D eigenvalue weighted by Gasteiger charge is -2.10. The number of hydrogen-bond acceptors (Lipinski definition) is 7. The molecular formula is C19H13N5O2S2. The van der Waals surface area contributed by atoms with Gasteiger partial charge in [-0.25, -0.2) is 0 Å². The number of imide groups is 1. The van der Waals surface area contributed by atoms with E-state index in [1.54, 1.807) is 40.5 Å². The number of thioether (sulfide) groups is 1. The van der Waals surface area contributed by atoms with Crippen LogP contribution >= 0.6 is 23.1 Å². The summed E-state index contributed by atoms with van der Waals surface area (Å²) in [5.41, 5.74) is 0.880. The fraction of sp³-hybridized carbons (Fsp3) is 0.105. The maximum Gasteiger partial charge on any atom is 0.261 e. The van der Waals surface area contributed by atoms with Gasteiger partial charge in [-0.2, -0.15) is 9.61 Å². The highest BCUT2D eigenvalue weighted by Crippen LogP contribution is 2.27. The molecule has 138 valence electrons. The maximum atomic E-state index is 12.5. The summed E-state index contributed by atoms with van der Waals surface area (Å²) in [5.74, 6) is 0.785. The minimum Gasteiger partial charge on any atom is -0.269 e. The number of rotatable bonds is 5. The van der Waals surface area contributed by atoms with Crippen molar-refractivity contribution in [2.24, 2.45) is 0 Å². The van der Waals surface area contributed by atoms with E-state index in [4.69, 9.17) is 0 Å². The van der Waals surface area contributed by atoms with Crippen molar-refractivity contribution in [2.75, 3.05) is 0 Å². The van der Waals surface area contributed by atoms with E-state index in [1.807, 2.05) is 30.3 Å². The molecule has 3 heterocycles. The second-order valence-corrected chi connectivity index (χ2v) is 8.24. The average molecular weight is 407 g/mol. The van der Waals surface area contributed by atoms with Crippen LogP contribution in [0.4, 0.5) is 0 Å². The predicted octanol–water partition coefficient (Wildman–Crippen LogP) is 3.27. The van der Waals surface area contributed by atoms with Crippen molar-refractivity contribution in [2.45, 2.75) is 17.2 Å². The summed E-state index contributed by atoms with van der Waals surface area (Å²) in [7, 11) is 0. The van der Waals surface area contributed by atoms with Crippen LogP contribution in [0.15, 0.2) is 59.5 Å². The van der Waals surface area contributed by atoms with Gasteiger partial charge in [0.15, 0.2) is 5.82 Å². The number of aromatic nitrogens is 4. The molecule has 4 aromatic rings. The summed E-state index contributed by atoms with van der Waals surface area (Å²) in [6, 6.07) is 16.9. The Morgan fingerprint density at radius 2 is 1.57 bits per heavy atom. The monoisotopic (exact) mass is 407 g/mol. The van der Waals surface area contributed by atoms with Crippen LogP contribution < -0.4 is 0 Å². The smallest absolute Gasteiger partial charge is 0.261 e. The van der Waals surface area contributed by atoms with Crippen molar-refractivity contribution in [1.29, 1.82) is 0 Å². The zero-order valence-electron chi connectivity index (χ0n) is 14.5. The van der Waals surface area contributed by atoms with Crippen molar-refractivity contribution in [1.82, 2.24) is 24.7 Å². The molecule has 0 N–H and O–H groups in total. The molecule has 2 amide bonds. The molecule has 7 nitrogen and oxygen atoms in total. The molecule has 0 atom stereocenters. The Hall–Kier alpha value is -3.04. The Morgan fingerprint density at radius 3 is 2.29 bits per heavy atom. The van der Waals surface area contributed by atoms with Gasteiger partial charge in [0, 0.05) is 4.90 Å². The molecule has 5 rings (SSSR count). The number of carbonyl (C=O) groups is 2. The third-order valence-corrected chi connectivity index (χ3v) is 6.27. The van der Waals surface area contributed by atoms with Crippen LogP contribution in [0.1, 0.15) is 31.5 Å². The Labute approximate surface area is 168 Å². The number of amides is 2. The molecular weight excluding hydrogens is 394 g/mol. The molecule has 0 spiro atoms. The van der Waals surface area contributed by atoms with Crippen molar-refractivity contribution >= 4 is 39.9 Å². The lowest BCUT2D eigenvalue weighted by atomic mass is 10.1. The topological polar surface area (TPSA) is 80.5 Å². The van der Waals surface area contributed by atoms with Crippen LogP contribution in [0, 0.1) is 0 Å². The predicted molar refractivity (Wildman–Crippen MR) is 105 cm³/mol. The first-order valence-corrected chi connectivity index (χ1v) is 10.3. The number of benzene rings is 2. The van der Waals surface area contributed by atoms with Crippen molar-refractivity contribution in [3.63, 3.8) is 0 Å². The minimum atomic E-state index is -0.286. The molecule has 0 bridgehead atoms. The van der Waals surface area contributed by atoms with E-state index in [-0.39, 0.29) is 18.4 Å². The Balaban J connectivity index is 1.36. The van der Waals surface area contributed by atoms with E-state index in [2.05, 4.69) is 15.3 Å². The van der Waals surface area contributed by atoms with Crippen LogP contribution in [0.3, 0.4) is 0 Å². The van der Waals surface area contributed by atoms with Gasteiger partial charge in [0.2, 0.25) is 4.96 Å². The summed E-state index contributed by atoms with van der Waals surface area (Å²) in [5, 5.41) is 13.5. The highest BCUT2D eigenvalue weighted by molar-refractivity contribution is 7.98. The Bertz CT molecular complexity index is 1170. The van der Waals surface area contributed by atoms with Crippen LogP contribution in [0.2, 0.25) is 0 Å². The summed E-state index contributed by atoms with van der Waals surface area (Å²) in [6.45, 7) is 0.131. The molecule has 0 saturated carbocycles. The lowest BCUT2D eigenvalue weighted by Crippen LogP contribution is -2.29. The van der Waals surface area contributed by atoms with Gasteiger partial charge >= 0.3 is 0 Å². The fourth-order valence-corrected chi connectivity index (χ4v) is 4.70. The largest absolute Gasteiger partial charge is 0.269 e. The van der Waals surface area contributed by atoms with Crippen molar-refractivity contribution in [3.05, 3.63) is 76.6 Å². The molecule has 1 aliphatic rings. The van der Waals surface area contributed by atoms with Gasteiger partial charge in [-0.05, 0) is 24.3 Å². The van der Waals surface area contributed by atoms with E-state index in [9.17, 15) is 9.59 Å². The third-order valence-electron chi connectivity index (χ3n) is 4.38. The van der Waals surface area contributed by atoms with Gasteiger partial charge in [0.1, 0.15) is 5.01 Å². The van der Waals surface area contributed by atoms with E-state index in [1.165, 1.54) is 16.2 Å². The molecule has 0 saturated heterocycles. The van der Waals surface area contributed by atoms with Crippen LogP contribution in [-0.2, 0) is 12.3 Å². The highest BCUT2D eigenvalue weighted by atomic mass is 32.2. The average Bonchev–Trinajstić information content (AvgIpc) is 3.36.